The first-order chi connectivity index (χ1) is 12.8. The number of amides is 1. The van der Waals surface area contributed by atoms with Crippen LogP contribution in [0.4, 0.5) is 5.69 Å². The van der Waals surface area contributed by atoms with Crippen LogP contribution in [0.25, 0.3) is 0 Å². The van der Waals surface area contributed by atoms with Gasteiger partial charge in [-0.05, 0) is 81.5 Å². The van der Waals surface area contributed by atoms with Crippen molar-refractivity contribution in [3.8, 4) is 5.75 Å². The molecule has 2 fully saturated rings. The third-order valence-corrected chi connectivity index (χ3v) is 6.67. The monoisotopic (exact) mass is 373 g/mol. The van der Waals surface area contributed by atoms with Crippen molar-refractivity contribution in [1.82, 2.24) is 9.80 Å². The number of nitrogen functional groups attached to an aromatic ring is 1. The van der Waals surface area contributed by atoms with Crippen LogP contribution in [0.3, 0.4) is 0 Å². The van der Waals surface area contributed by atoms with Crippen LogP contribution in [0.15, 0.2) is 0 Å². The average Bonchev–Trinajstić information content (AvgIpc) is 3.48. The summed E-state index contributed by atoms with van der Waals surface area (Å²) in [5.74, 6) is 1.80. The van der Waals surface area contributed by atoms with Crippen molar-refractivity contribution < 1.29 is 9.53 Å². The van der Waals surface area contributed by atoms with Crippen LogP contribution in [0.2, 0.25) is 0 Å². The lowest BCUT2D eigenvalue weighted by Crippen LogP contribution is -2.47. The van der Waals surface area contributed by atoms with Crippen LogP contribution >= 0.6 is 0 Å². The Kier molecular flexibility index (Phi) is 5.99. The summed E-state index contributed by atoms with van der Waals surface area (Å²) in [7, 11) is 1.92. The molecule has 1 amide bonds. The van der Waals surface area contributed by atoms with Gasteiger partial charge in [-0.3, -0.25) is 4.79 Å². The predicted molar refractivity (Wildman–Crippen MR) is 110 cm³/mol. The van der Waals surface area contributed by atoms with E-state index in [4.69, 9.17) is 10.5 Å². The summed E-state index contributed by atoms with van der Waals surface area (Å²) in [6.07, 6.45) is 4.93. The molecule has 1 aromatic carbocycles. The van der Waals surface area contributed by atoms with Gasteiger partial charge in [0.25, 0.3) is 5.91 Å². The van der Waals surface area contributed by atoms with E-state index < -0.39 is 0 Å². The highest BCUT2D eigenvalue weighted by molar-refractivity contribution is 5.78. The molecule has 1 aliphatic heterocycles. The highest BCUT2D eigenvalue weighted by Gasteiger charge is 2.29. The van der Waals surface area contributed by atoms with Crippen LogP contribution in [0, 0.1) is 33.6 Å². The first-order valence-electron chi connectivity index (χ1n) is 10.3. The summed E-state index contributed by atoms with van der Waals surface area (Å²) in [4.78, 5) is 17.2. The molecule has 150 valence electrons. The second-order valence-electron chi connectivity index (χ2n) is 8.51. The molecule has 0 bridgehead atoms. The number of ether oxygens (including phenoxy) is 1. The summed E-state index contributed by atoms with van der Waals surface area (Å²) >= 11 is 0. The van der Waals surface area contributed by atoms with Crippen molar-refractivity contribution in [1.29, 1.82) is 0 Å². The lowest BCUT2D eigenvalue weighted by molar-refractivity contribution is -0.135. The van der Waals surface area contributed by atoms with Crippen molar-refractivity contribution in [3.05, 3.63) is 22.3 Å². The number of hydrogen-bond acceptors (Lipinski definition) is 4. The number of piperidine rings is 1. The Labute approximate surface area is 163 Å². The molecular weight excluding hydrogens is 338 g/mol. The molecule has 0 atom stereocenters. The van der Waals surface area contributed by atoms with Gasteiger partial charge in [0.2, 0.25) is 0 Å². The normalized spacial score (nSPS) is 18.6. The fourth-order valence-corrected chi connectivity index (χ4v) is 4.12. The van der Waals surface area contributed by atoms with E-state index in [0.29, 0.717) is 6.04 Å². The molecule has 5 heteroatoms. The van der Waals surface area contributed by atoms with E-state index in [1.807, 2.05) is 39.6 Å². The van der Waals surface area contributed by atoms with Crippen molar-refractivity contribution >= 4 is 11.6 Å². The minimum absolute atomic E-state index is 0.0570. The van der Waals surface area contributed by atoms with Crippen molar-refractivity contribution in [2.45, 2.75) is 59.4 Å². The topological polar surface area (TPSA) is 58.8 Å². The highest BCUT2D eigenvalue weighted by atomic mass is 16.5. The number of rotatable bonds is 6. The third-order valence-electron chi connectivity index (χ3n) is 6.67. The molecule has 0 radical (unpaired) electrons. The molecular formula is C22H35N3O2. The van der Waals surface area contributed by atoms with Crippen molar-refractivity contribution in [2.24, 2.45) is 5.92 Å². The van der Waals surface area contributed by atoms with Crippen LogP contribution in [-0.2, 0) is 4.79 Å². The number of carbonyl (C=O) groups excluding carboxylic acids is 1. The number of anilines is 1. The van der Waals surface area contributed by atoms with Crippen molar-refractivity contribution in [2.75, 3.05) is 39.0 Å². The van der Waals surface area contributed by atoms with Gasteiger partial charge in [0.15, 0.2) is 6.61 Å². The Morgan fingerprint density at radius 1 is 1.04 bits per heavy atom. The first kappa shape index (κ1) is 20.0. The molecule has 3 rings (SSSR count). The Morgan fingerprint density at radius 2 is 1.59 bits per heavy atom. The number of carbonyl (C=O) groups is 1. The molecule has 1 saturated heterocycles. The predicted octanol–water partition coefficient (Wildman–Crippen LogP) is 3.21. The lowest BCUT2D eigenvalue weighted by atomic mass is 9.97. The van der Waals surface area contributed by atoms with E-state index in [1.54, 1.807) is 0 Å². The van der Waals surface area contributed by atoms with Gasteiger partial charge in [-0.1, -0.05) is 0 Å². The Balaban J connectivity index is 1.55. The number of likely N-dealkylation sites (tertiary alicyclic amines) is 1. The minimum Gasteiger partial charge on any atom is -0.483 e. The van der Waals surface area contributed by atoms with E-state index in [9.17, 15) is 4.79 Å². The van der Waals surface area contributed by atoms with Crippen LogP contribution < -0.4 is 10.5 Å². The zero-order valence-corrected chi connectivity index (χ0v) is 17.6. The molecule has 1 aliphatic carbocycles. The number of nitrogens with two attached hydrogens (primary N) is 1. The fraction of sp³-hybridized carbons (Fsp3) is 0.682. The van der Waals surface area contributed by atoms with Gasteiger partial charge >= 0.3 is 0 Å². The third kappa shape index (κ3) is 4.40. The average molecular weight is 374 g/mol. The minimum atomic E-state index is 0.0570. The van der Waals surface area contributed by atoms with E-state index in [2.05, 4.69) is 4.90 Å². The number of hydrogen-bond donors (Lipinski definition) is 1. The van der Waals surface area contributed by atoms with Gasteiger partial charge in [0.1, 0.15) is 5.75 Å². The lowest BCUT2D eigenvalue weighted by Gasteiger charge is -2.36. The van der Waals surface area contributed by atoms with Gasteiger partial charge in [-0.25, -0.2) is 0 Å². The number of benzene rings is 1. The number of nitrogens with zero attached hydrogens (tertiary/aromatic N) is 2. The largest absolute Gasteiger partial charge is 0.483 e. The van der Waals surface area contributed by atoms with E-state index in [1.165, 1.54) is 19.4 Å². The molecule has 5 nitrogen and oxygen atoms in total. The zero-order valence-electron chi connectivity index (χ0n) is 17.6. The molecule has 1 heterocycles. The zero-order chi connectivity index (χ0) is 19.7. The molecule has 0 aromatic heterocycles. The van der Waals surface area contributed by atoms with E-state index >= 15 is 0 Å². The van der Waals surface area contributed by atoms with Gasteiger partial charge in [0, 0.05) is 38.4 Å². The number of likely N-dealkylation sites (N-methyl/N-ethyl adjacent to an activating group) is 1. The Hall–Kier alpha value is -1.75. The van der Waals surface area contributed by atoms with Crippen LogP contribution in [0.1, 0.15) is 47.9 Å². The molecule has 27 heavy (non-hydrogen) atoms. The maximum atomic E-state index is 12.7. The maximum Gasteiger partial charge on any atom is 0.260 e. The summed E-state index contributed by atoms with van der Waals surface area (Å²) in [6.45, 7) is 11.6. The highest BCUT2D eigenvalue weighted by Crippen LogP contribution is 2.34. The van der Waals surface area contributed by atoms with Gasteiger partial charge in [-0.15, -0.1) is 0 Å². The van der Waals surface area contributed by atoms with Crippen LogP contribution in [-0.4, -0.2) is 55.0 Å². The van der Waals surface area contributed by atoms with Gasteiger partial charge in [-0.2, -0.15) is 0 Å². The van der Waals surface area contributed by atoms with E-state index in [0.717, 1.165) is 65.5 Å². The van der Waals surface area contributed by atoms with E-state index in [-0.39, 0.29) is 12.5 Å². The SMILES string of the molecule is Cc1c(C)c(OCC(=O)N(C)C2CCN(CC3CC3)CC2)c(C)c(C)c1N. The molecule has 1 saturated carbocycles. The Bertz CT molecular complexity index is 675. The van der Waals surface area contributed by atoms with Crippen LogP contribution in [0.5, 0.6) is 5.75 Å². The maximum absolute atomic E-state index is 12.7. The summed E-state index contributed by atoms with van der Waals surface area (Å²) < 4.78 is 5.98. The van der Waals surface area contributed by atoms with Crippen molar-refractivity contribution in [3.63, 3.8) is 0 Å². The summed E-state index contributed by atoms with van der Waals surface area (Å²) in [5, 5.41) is 0. The van der Waals surface area contributed by atoms with Gasteiger partial charge in [0.05, 0.1) is 0 Å². The quantitative estimate of drug-likeness (QED) is 0.778. The first-order valence-corrected chi connectivity index (χ1v) is 10.3. The standard InChI is InChI=1S/C22H35N3O2/c1-14-16(3)22(17(4)15(2)21(14)23)27-13-20(26)24(5)19-8-10-25(11-9-19)12-18-6-7-18/h18-19H,6-13,23H2,1-5H3. The second-order valence-corrected chi connectivity index (χ2v) is 8.51. The molecule has 2 N–H and O–H groups in total. The molecule has 1 aromatic rings. The molecule has 0 spiro atoms. The summed E-state index contributed by atoms with van der Waals surface area (Å²) in [5.41, 5.74) is 11.1. The van der Waals surface area contributed by atoms with Gasteiger partial charge < -0.3 is 20.3 Å². The molecule has 2 aliphatic rings. The second kappa shape index (κ2) is 8.09. The Morgan fingerprint density at radius 3 is 2.11 bits per heavy atom. The smallest absolute Gasteiger partial charge is 0.260 e. The molecule has 0 unspecified atom stereocenters. The summed E-state index contributed by atoms with van der Waals surface area (Å²) in [6, 6.07) is 0.327. The fourth-order valence-electron chi connectivity index (χ4n) is 4.12.